The van der Waals surface area contributed by atoms with E-state index in [4.69, 9.17) is 39.2 Å². The minimum absolute atomic E-state index is 0.0473. The third-order valence-corrected chi connectivity index (χ3v) is 5.19. The van der Waals surface area contributed by atoms with Gasteiger partial charge in [0.15, 0.2) is 11.5 Å². The molecule has 2 heterocycles. The number of pyridine rings is 1. The molecule has 1 aromatic carbocycles. The maximum absolute atomic E-state index is 12.7. The molecule has 182 valence electrons. The lowest BCUT2D eigenvalue weighted by molar-refractivity contribution is -0.0566. The first-order valence-corrected chi connectivity index (χ1v) is 10.8. The van der Waals surface area contributed by atoms with Gasteiger partial charge >= 0.3 is 11.8 Å². The summed E-state index contributed by atoms with van der Waals surface area (Å²) >= 11 is 15.4. The summed E-state index contributed by atoms with van der Waals surface area (Å²) in [7, 11) is 0. The molecule has 0 aliphatic rings. The number of alkyl halides is 3. The lowest BCUT2D eigenvalue weighted by atomic mass is 10.2. The van der Waals surface area contributed by atoms with E-state index in [-0.39, 0.29) is 44.1 Å². The summed E-state index contributed by atoms with van der Waals surface area (Å²) in [6.45, 7) is -0.402. The van der Waals surface area contributed by atoms with Crippen molar-refractivity contribution in [2.75, 3.05) is 6.54 Å². The molecule has 2 aromatic heterocycles. The molecule has 35 heavy (non-hydrogen) atoms. The second-order valence-electron chi connectivity index (χ2n) is 6.60. The average molecular weight is 591 g/mol. The topological polar surface area (TPSA) is 145 Å². The molecule has 0 atom stereocenters. The van der Waals surface area contributed by atoms with Crippen LogP contribution in [0.3, 0.4) is 0 Å². The van der Waals surface area contributed by atoms with Gasteiger partial charge in [0.05, 0.1) is 28.7 Å². The van der Waals surface area contributed by atoms with Gasteiger partial charge in [-0.05, 0) is 46.3 Å². The van der Waals surface area contributed by atoms with Crippen molar-refractivity contribution in [2.45, 2.75) is 6.18 Å². The Morgan fingerprint density at radius 3 is 2.69 bits per heavy atom. The molecular weight excluding hydrogens is 578 g/mol. The lowest BCUT2D eigenvalue weighted by Gasteiger charge is -2.06. The fourth-order valence-electron chi connectivity index (χ4n) is 2.57. The molecule has 0 fully saturated rings. The zero-order valence-corrected chi connectivity index (χ0v) is 20.3. The maximum atomic E-state index is 12.7. The van der Waals surface area contributed by atoms with Gasteiger partial charge in [-0.15, -0.1) is 0 Å². The fraction of sp³-hybridized carbons (Fsp3) is 0.100. The van der Waals surface area contributed by atoms with Gasteiger partial charge in [-0.1, -0.05) is 23.2 Å². The van der Waals surface area contributed by atoms with E-state index in [0.29, 0.717) is 10.7 Å². The summed E-state index contributed by atoms with van der Waals surface area (Å²) in [6, 6.07) is 6.01. The summed E-state index contributed by atoms with van der Waals surface area (Å²) in [5.74, 6) is 4.53. The van der Waals surface area contributed by atoms with Gasteiger partial charge in [0.25, 0.3) is 0 Å². The van der Waals surface area contributed by atoms with Crippen LogP contribution in [0.15, 0.2) is 71.0 Å². The van der Waals surface area contributed by atoms with Crippen LogP contribution in [0.2, 0.25) is 10.0 Å². The molecule has 0 aliphatic heterocycles. The van der Waals surface area contributed by atoms with E-state index in [9.17, 15) is 18.0 Å². The Morgan fingerprint density at radius 1 is 1.29 bits per heavy atom. The van der Waals surface area contributed by atoms with Crippen molar-refractivity contribution in [3.8, 4) is 0 Å². The van der Waals surface area contributed by atoms with Crippen molar-refractivity contribution in [1.82, 2.24) is 9.97 Å². The van der Waals surface area contributed by atoms with Gasteiger partial charge in [0.1, 0.15) is 5.71 Å². The largest absolute Gasteiger partial charge is 0.436 e. The van der Waals surface area contributed by atoms with Crippen molar-refractivity contribution in [3.05, 3.63) is 73.1 Å². The Morgan fingerprint density at radius 2 is 2.03 bits per heavy atom. The first-order chi connectivity index (χ1) is 16.5. The van der Waals surface area contributed by atoms with Gasteiger partial charge in [-0.3, -0.25) is 4.99 Å². The molecule has 15 heteroatoms. The summed E-state index contributed by atoms with van der Waals surface area (Å²) in [5.41, 5.74) is 3.82. The van der Waals surface area contributed by atoms with Crippen molar-refractivity contribution in [3.63, 3.8) is 0 Å². The van der Waals surface area contributed by atoms with Crippen molar-refractivity contribution < 1.29 is 17.6 Å². The minimum Gasteiger partial charge on any atom is -0.401 e. The molecule has 4 N–H and O–H groups in total. The summed E-state index contributed by atoms with van der Waals surface area (Å²) < 4.78 is 43.9. The average Bonchev–Trinajstić information content (AvgIpc) is 2.77. The first kappa shape index (κ1) is 26.3. The Balaban J connectivity index is 2.10. The molecule has 0 aliphatic carbocycles. The number of hydrogen-bond acceptors (Lipinski definition) is 9. The highest BCUT2D eigenvalue weighted by Crippen LogP contribution is 2.26. The zero-order chi connectivity index (χ0) is 25.8. The number of nitrogens with two attached hydrogens (primary N) is 2. The van der Waals surface area contributed by atoms with Crippen LogP contribution in [-0.4, -0.2) is 40.3 Å². The van der Waals surface area contributed by atoms with Gasteiger partial charge in [-0.25, -0.2) is 19.8 Å². The number of halogens is 6. The summed E-state index contributed by atoms with van der Waals surface area (Å²) in [6.07, 6.45) is -1.72. The fourth-order valence-corrected chi connectivity index (χ4v) is 3.63. The molecule has 0 spiro atoms. The molecular formula is C20H13BrCl2F3N7O2. The van der Waals surface area contributed by atoms with Crippen LogP contribution in [0, 0.1) is 0 Å². The number of hydrogen-bond donors (Lipinski definition) is 2. The van der Waals surface area contributed by atoms with Crippen LogP contribution in [0.4, 0.5) is 19.0 Å². The summed E-state index contributed by atoms with van der Waals surface area (Å²) in [5, 5.41) is 3.19. The molecule has 0 unspecified atom stereocenters. The monoisotopic (exact) mass is 589 g/mol. The molecule has 0 saturated carbocycles. The van der Waals surface area contributed by atoms with Gasteiger partial charge in [0.2, 0.25) is 5.89 Å². The lowest BCUT2D eigenvalue weighted by Crippen LogP contribution is -2.26. The highest BCUT2D eigenvalue weighted by molar-refractivity contribution is 9.10. The van der Waals surface area contributed by atoms with Crippen molar-refractivity contribution in [1.29, 1.82) is 0 Å². The van der Waals surface area contributed by atoms with Crippen LogP contribution in [0.1, 0.15) is 5.89 Å². The van der Waals surface area contributed by atoms with E-state index < -0.39 is 24.1 Å². The Kier molecular flexibility index (Phi) is 8.25. The molecule has 0 saturated heterocycles. The number of aliphatic imine (C=N–C) groups is 2. The molecule has 3 rings (SSSR count). The standard InChI is InChI=1S/C20H13BrCl2F3N7O2/c21-12-5-9(22)4-11-16(12)32-18(35-19(11)34)14(31-17-13(23)2-1-3-30-17)6-10(27)7-29-8-15(33-28)20(24,25)26/h1-6,8H,7,27-28H2/b10-6-,29-8?,31-14-,33-15+. The van der Waals surface area contributed by atoms with Crippen LogP contribution in [0.5, 0.6) is 0 Å². The Bertz CT molecular complexity index is 1450. The van der Waals surface area contributed by atoms with Crippen molar-refractivity contribution >= 4 is 73.5 Å². The number of nitrogens with zero attached hydrogens (tertiary/aromatic N) is 5. The quantitative estimate of drug-likeness (QED) is 0.244. The second-order valence-corrected chi connectivity index (χ2v) is 8.30. The van der Waals surface area contributed by atoms with Crippen LogP contribution < -0.4 is 17.2 Å². The number of hydrazone groups is 1. The van der Waals surface area contributed by atoms with E-state index in [0.717, 1.165) is 0 Å². The highest BCUT2D eigenvalue weighted by Gasteiger charge is 2.34. The van der Waals surface area contributed by atoms with E-state index in [1.54, 1.807) is 6.07 Å². The normalized spacial score (nSPS) is 13.7. The van der Waals surface area contributed by atoms with E-state index in [1.807, 2.05) is 0 Å². The predicted molar refractivity (Wildman–Crippen MR) is 132 cm³/mol. The van der Waals surface area contributed by atoms with Crippen molar-refractivity contribution in [2.24, 2.45) is 26.7 Å². The first-order valence-electron chi connectivity index (χ1n) is 9.30. The minimum atomic E-state index is -4.78. The highest BCUT2D eigenvalue weighted by atomic mass is 79.9. The van der Waals surface area contributed by atoms with Gasteiger partial charge < -0.3 is 16.0 Å². The number of aromatic nitrogens is 2. The Labute approximate surface area is 213 Å². The smallest absolute Gasteiger partial charge is 0.401 e. The predicted octanol–water partition coefficient (Wildman–Crippen LogP) is 4.56. The molecule has 3 aromatic rings. The molecule has 9 nitrogen and oxygen atoms in total. The van der Waals surface area contributed by atoms with Crippen LogP contribution >= 0.6 is 39.1 Å². The third kappa shape index (κ3) is 6.65. The number of benzene rings is 1. The zero-order valence-electron chi connectivity index (χ0n) is 17.2. The number of allylic oxidation sites excluding steroid dienone is 1. The molecule has 0 amide bonds. The van der Waals surface area contributed by atoms with E-state index >= 15 is 0 Å². The number of fused-ring (bicyclic) bond motifs is 1. The van der Waals surface area contributed by atoms with E-state index in [2.05, 4.69) is 41.0 Å². The van der Waals surface area contributed by atoms with Crippen LogP contribution in [-0.2, 0) is 0 Å². The molecule has 0 bridgehead atoms. The maximum Gasteiger partial charge on any atom is 0.436 e. The SMILES string of the molecule is N/N=C(\C=NC/C(N)=C/C(=N/c1ncccc1Cl)c1nc2c(Br)cc(Cl)cc2c(=O)o1)C(F)(F)F. The van der Waals surface area contributed by atoms with Crippen LogP contribution in [0.25, 0.3) is 10.9 Å². The van der Waals surface area contributed by atoms with Gasteiger partial charge in [0, 0.05) is 21.4 Å². The molecule has 0 radical (unpaired) electrons. The Hall–Kier alpha value is -3.29. The summed E-state index contributed by atoms with van der Waals surface area (Å²) in [4.78, 5) is 28.8. The van der Waals surface area contributed by atoms with Gasteiger partial charge in [-0.2, -0.15) is 18.3 Å². The van der Waals surface area contributed by atoms with E-state index in [1.165, 1.54) is 30.5 Å². The third-order valence-electron chi connectivity index (χ3n) is 4.07. The second kappa shape index (κ2) is 11.0. The number of rotatable bonds is 6.